The summed E-state index contributed by atoms with van der Waals surface area (Å²) in [5.41, 5.74) is 2.36. The molecule has 22 heavy (non-hydrogen) atoms. The van der Waals surface area contributed by atoms with E-state index in [1.165, 1.54) is 4.88 Å². The molecule has 4 nitrogen and oxygen atoms in total. The molecule has 0 spiro atoms. The first-order valence-corrected chi connectivity index (χ1v) is 7.99. The molecule has 2 heterocycles. The predicted octanol–water partition coefficient (Wildman–Crippen LogP) is 3.71. The van der Waals surface area contributed by atoms with E-state index in [4.69, 9.17) is 4.74 Å². The van der Waals surface area contributed by atoms with Gasteiger partial charge in [0, 0.05) is 34.9 Å². The number of aromatic nitrogens is 1. The second kappa shape index (κ2) is 5.85. The van der Waals surface area contributed by atoms with Crippen LogP contribution in [0, 0.1) is 0 Å². The number of rotatable bonds is 4. The molecular formula is C17H17NO3S. The van der Waals surface area contributed by atoms with Crippen LogP contribution >= 0.6 is 11.3 Å². The van der Waals surface area contributed by atoms with Gasteiger partial charge in [0.2, 0.25) is 0 Å². The molecule has 0 saturated heterocycles. The summed E-state index contributed by atoms with van der Waals surface area (Å²) in [6, 6.07) is 9.13. The van der Waals surface area contributed by atoms with Gasteiger partial charge >= 0.3 is 5.97 Å². The second-order valence-electron chi connectivity index (χ2n) is 5.06. The van der Waals surface area contributed by atoms with Crippen molar-refractivity contribution in [2.24, 2.45) is 7.05 Å². The van der Waals surface area contributed by atoms with E-state index in [-0.39, 0.29) is 11.7 Å². The Morgan fingerprint density at radius 1 is 1.36 bits per heavy atom. The smallest absolute Gasteiger partial charge is 0.340 e. The van der Waals surface area contributed by atoms with Gasteiger partial charge in [-0.05, 0) is 36.6 Å². The number of thiophene rings is 1. The van der Waals surface area contributed by atoms with Gasteiger partial charge in [-0.25, -0.2) is 4.79 Å². The van der Waals surface area contributed by atoms with E-state index in [9.17, 15) is 9.90 Å². The summed E-state index contributed by atoms with van der Waals surface area (Å²) in [6.45, 7) is 2.12. The van der Waals surface area contributed by atoms with Crippen LogP contribution in [0.1, 0.15) is 27.9 Å². The fourth-order valence-electron chi connectivity index (χ4n) is 2.70. The fraction of sp³-hybridized carbons (Fsp3) is 0.235. The van der Waals surface area contributed by atoms with Gasteiger partial charge in [0.05, 0.1) is 12.2 Å². The van der Waals surface area contributed by atoms with Crippen molar-refractivity contribution in [3.05, 3.63) is 51.8 Å². The number of aryl methyl sites for hydroxylation is 1. The van der Waals surface area contributed by atoms with E-state index >= 15 is 0 Å². The Balaban J connectivity index is 2.21. The number of carbonyl (C=O) groups excluding carboxylic acids is 1. The number of carbonyl (C=O) groups is 1. The highest BCUT2D eigenvalue weighted by atomic mass is 32.1. The zero-order valence-corrected chi connectivity index (χ0v) is 13.3. The van der Waals surface area contributed by atoms with Gasteiger partial charge in [-0.15, -0.1) is 11.3 Å². The maximum atomic E-state index is 12.4. The first kappa shape index (κ1) is 14.7. The van der Waals surface area contributed by atoms with Gasteiger partial charge in [0.25, 0.3) is 0 Å². The normalized spacial score (nSPS) is 11.0. The Kier molecular flexibility index (Phi) is 3.90. The molecule has 3 aromatic rings. The van der Waals surface area contributed by atoms with Crippen LogP contribution in [-0.2, 0) is 18.2 Å². The summed E-state index contributed by atoms with van der Waals surface area (Å²) in [5.74, 6) is -0.198. The lowest BCUT2D eigenvalue weighted by atomic mass is 10.1. The third-order valence-corrected chi connectivity index (χ3v) is 4.58. The number of phenolic OH excluding ortho intramolecular Hbond substituents is 1. The van der Waals surface area contributed by atoms with Gasteiger partial charge in [-0.2, -0.15) is 0 Å². The quantitative estimate of drug-likeness (QED) is 0.747. The number of fused-ring (bicyclic) bond motifs is 1. The molecule has 0 aliphatic heterocycles. The van der Waals surface area contributed by atoms with Gasteiger partial charge in [-0.3, -0.25) is 0 Å². The molecular weight excluding hydrogens is 298 g/mol. The zero-order valence-electron chi connectivity index (χ0n) is 12.5. The number of hydrogen-bond donors (Lipinski definition) is 1. The van der Waals surface area contributed by atoms with Crippen LogP contribution in [0.5, 0.6) is 5.75 Å². The van der Waals surface area contributed by atoms with Crippen molar-refractivity contribution < 1.29 is 14.6 Å². The topological polar surface area (TPSA) is 51.5 Å². The lowest BCUT2D eigenvalue weighted by Crippen LogP contribution is -2.09. The second-order valence-corrected chi connectivity index (χ2v) is 6.09. The lowest BCUT2D eigenvalue weighted by molar-refractivity contribution is 0.0527. The van der Waals surface area contributed by atoms with E-state index in [0.29, 0.717) is 18.6 Å². The minimum Gasteiger partial charge on any atom is -0.508 e. The summed E-state index contributed by atoms with van der Waals surface area (Å²) >= 11 is 1.66. The van der Waals surface area contributed by atoms with Crippen molar-refractivity contribution in [3.8, 4) is 5.75 Å². The number of nitrogens with zero attached hydrogens (tertiary/aromatic N) is 1. The van der Waals surface area contributed by atoms with Gasteiger partial charge in [0.15, 0.2) is 0 Å². The highest BCUT2D eigenvalue weighted by Crippen LogP contribution is 2.31. The molecule has 0 saturated carbocycles. The van der Waals surface area contributed by atoms with Crippen LogP contribution in [0.4, 0.5) is 0 Å². The van der Waals surface area contributed by atoms with Crippen molar-refractivity contribution in [2.45, 2.75) is 13.3 Å². The first-order chi connectivity index (χ1) is 10.6. The largest absolute Gasteiger partial charge is 0.508 e. The standard InChI is InChI=1S/C17H17NO3S/c1-3-21-17(20)16-13-9-11(19)6-7-14(13)18(2)15(16)10-12-5-4-8-22-12/h4-9,19H,3,10H2,1-2H3. The average molecular weight is 315 g/mol. The molecule has 0 bridgehead atoms. The van der Waals surface area contributed by atoms with E-state index in [2.05, 4.69) is 6.07 Å². The maximum absolute atomic E-state index is 12.4. The van der Waals surface area contributed by atoms with Gasteiger partial charge < -0.3 is 14.4 Å². The molecule has 0 aliphatic rings. The number of aromatic hydroxyl groups is 1. The molecule has 0 amide bonds. The van der Waals surface area contributed by atoms with Crippen LogP contribution in [0.2, 0.25) is 0 Å². The highest BCUT2D eigenvalue weighted by Gasteiger charge is 2.22. The predicted molar refractivity (Wildman–Crippen MR) is 87.7 cm³/mol. The summed E-state index contributed by atoms with van der Waals surface area (Å²) < 4.78 is 7.22. The molecule has 0 fully saturated rings. The van der Waals surface area contributed by atoms with E-state index in [1.807, 2.05) is 29.1 Å². The van der Waals surface area contributed by atoms with Crippen LogP contribution in [-0.4, -0.2) is 22.2 Å². The van der Waals surface area contributed by atoms with Crippen molar-refractivity contribution in [1.82, 2.24) is 4.57 Å². The molecule has 3 rings (SSSR count). The van der Waals surface area contributed by atoms with Crippen LogP contribution < -0.4 is 0 Å². The molecule has 0 radical (unpaired) electrons. The number of phenols is 1. The SMILES string of the molecule is CCOC(=O)c1c(Cc2cccs2)n(C)c2ccc(O)cc12. The first-order valence-electron chi connectivity index (χ1n) is 7.11. The Hall–Kier alpha value is -2.27. The Morgan fingerprint density at radius 3 is 2.86 bits per heavy atom. The Morgan fingerprint density at radius 2 is 2.18 bits per heavy atom. The third kappa shape index (κ3) is 2.48. The highest BCUT2D eigenvalue weighted by molar-refractivity contribution is 7.09. The van der Waals surface area contributed by atoms with Crippen molar-refractivity contribution >= 4 is 28.2 Å². The lowest BCUT2D eigenvalue weighted by Gasteiger charge is -2.06. The number of hydrogen-bond acceptors (Lipinski definition) is 4. The molecule has 1 N–H and O–H groups in total. The molecule has 1 aromatic carbocycles. The molecule has 2 aromatic heterocycles. The third-order valence-electron chi connectivity index (χ3n) is 3.71. The number of benzene rings is 1. The van der Waals surface area contributed by atoms with Crippen LogP contribution in [0.25, 0.3) is 10.9 Å². The number of ether oxygens (including phenoxy) is 1. The average Bonchev–Trinajstić information content (AvgIpc) is 3.07. The van der Waals surface area contributed by atoms with E-state index < -0.39 is 0 Å². The summed E-state index contributed by atoms with van der Waals surface area (Å²) in [4.78, 5) is 13.6. The van der Waals surface area contributed by atoms with E-state index in [0.717, 1.165) is 16.6 Å². The van der Waals surface area contributed by atoms with Crippen molar-refractivity contribution in [2.75, 3.05) is 6.61 Å². The van der Waals surface area contributed by atoms with Gasteiger partial charge in [0.1, 0.15) is 5.75 Å². The van der Waals surface area contributed by atoms with Crippen LogP contribution in [0.15, 0.2) is 35.7 Å². The summed E-state index contributed by atoms with van der Waals surface area (Å²) in [5, 5.41) is 12.5. The Labute approximate surface area is 132 Å². The van der Waals surface area contributed by atoms with Crippen molar-refractivity contribution in [3.63, 3.8) is 0 Å². The van der Waals surface area contributed by atoms with Crippen molar-refractivity contribution in [1.29, 1.82) is 0 Å². The number of esters is 1. The monoisotopic (exact) mass is 315 g/mol. The molecule has 0 aliphatic carbocycles. The van der Waals surface area contributed by atoms with Gasteiger partial charge in [-0.1, -0.05) is 6.07 Å². The summed E-state index contributed by atoms with van der Waals surface area (Å²) in [6.07, 6.45) is 0.664. The minimum atomic E-state index is -0.342. The Bertz CT molecular complexity index is 818. The minimum absolute atomic E-state index is 0.145. The maximum Gasteiger partial charge on any atom is 0.340 e. The molecule has 114 valence electrons. The van der Waals surface area contributed by atoms with Crippen LogP contribution in [0.3, 0.4) is 0 Å². The molecule has 5 heteroatoms. The van der Waals surface area contributed by atoms with E-state index in [1.54, 1.807) is 30.4 Å². The molecule has 0 unspecified atom stereocenters. The molecule has 0 atom stereocenters. The zero-order chi connectivity index (χ0) is 15.7. The summed E-state index contributed by atoms with van der Waals surface area (Å²) in [7, 11) is 1.94. The fourth-order valence-corrected chi connectivity index (χ4v) is 3.41.